The maximum Gasteiger partial charge on any atom is 0.278 e. The minimum absolute atomic E-state index is 0.0570. The zero-order chi connectivity index (χ0) is 21.4. The van der Waals surface area contributed by atoms with Gasteiger partial charge in [-0.3, -0.25) is 9.59 Å². The SMILES string of the molecule is O=C(NCc1ccccc1F)[C@@H]1CCCN(c2nn3c(=O)c4c(nc3s2)CCCC4)C1. The highest BCUT2D eigenvalue weighted by Gasteiger charge is 2.28. The number of aromatic nitrogens is 3. The average Bonchev–Trinajstić information content (AvgIpc) is 3.23. The molecular weight excluding hydrogens is 417 g/mol. The Morgan fingerprint density at radius 3 is 2.94 bits per heavy atom. The van der Waals surface area contributed by atoms with Gasteiger partial charge in [0, 0.05) is 30.8 Å². The highest BCUT2D eigenvalue weighted by Crippen LogP contribution is 2.28. The lowest BCUT2D eigenvalue weighted by molar-refractivity contribution is -0.125. The van der Waals surface area contributed by atoms with Gasteiger partial charge in [-0.25, -0.2) is 9.37 Å². The summed E-state index contributed by atoms with van der Waals surface area (Å²) in [7, 11) is 0. The number of benzene rings is 1. The molecule has 1 atom stereocenters. The predicted molar refractivity (Wildman–Crippen MR) is 117 cm³/mol. The summed E-state index contributed by atoms with van der Waals surface area (Å²) in [5.74, 6) is -0.603. The van der Waals surface area contributed by atoms with Crippen molar-refractivity contribution >= 4 is 27.3 Å². The second-order valence-electron chi connectivity index (χ2n) is 8.22. The highest BCUT2D eigenvalue weighted by molar-refractivity contribution is 7.20. The van der Waals surface area contributed by atoms with Crippen LogP contribution in [0.15, 0.2) is 29.1 Å². The molecule has 0 bridgehead atoms. The molecule has 5 rings (SSSR count). The molecule has 3 aromatic rings. The summed E-state index contributed by atoms with van der Waals surface area (Å²) >= 11 is 1.40. The van der Waals surface area contributed by atoms with E-state index in [9.17, 15) is 14.0 Å². The molecule has 1 N–H and O–H groups in total. The third-order valence-electron chi connectivity index (χ3n) is 6.14. The van der Waals surface area contributed by atoms with Gasteiger partial charge in [0.05, 0.1) is 11.6 Å². The van der Waals surface area contributed by atoms with Gasteiger partial charge in [-0.2, -0.15) is 4.52 Å². The number of aryl methyl sites for hydroxylation is 1. The van der Waals surface area contributed by atoms with E-state index in [-0.39, 0.29) is 29.7 Å². The number of hydrogen-bond donors (Lipinski definition) is 1. The third kappa shape index (κ3) is 3.94. The molecule has 1 aliphatic carbocycles. The molecule has 0 saturated carbocycles. The van der Waals surface area contributed by atoms with Crippen molar-refractivity contribution in [3.8, 4) is 0 Å². The normalized spacial score (nSPS) is 18.7. The van der Waals surface area contributed by atoms with E-state index in [0.29, 0.717) is 17.1 Å². The number of fused-ring (bicyclic) bond motifs is 2. The molecule has 3 heterocycles. The van der Waals surface area contributed by atoms with E-state index in [1.54, 1.807) is 18.2 Å². The van der Waals surface area contributed by atoms with Gasteiger partial charge in [-0.1, -0.05) is 29.5 Å². The summed E-state index contributed by atoms with van der Waals surface area (Å²) < 4.78 is 15.2. The van der Waals surface area contributed by atoms with Crippen LogP contribution in [0.2, 0.25) is 0 Å². The van der Waals surface area contributed by atoms with Crippen LogP contribution in [0.4, 0.5) is 9.52 Å². The van der Waals surface area contributed by atoms with Crippen molar-refractivity contribution in [1.82, 2.24) is 19.9 Å². The Bertz CT molecular complexity index is 1190. The van der Waals surface area contributed by atoms with Gasteiger partial charge < -0.3 is 10.2 Å². The average molecular weight is 442 g/mol. The minimum atomic E-state index is -0.316. The molecule has 2 aliphatic rings. The van der Waals surface area contributed by atoms with Crippen molar-refractivity contribution in [2.45, 2.75) is 45.1 Å². The number of amides is 1. The van der Waals surface area contributed by atoms with E-state index >= 15 is 0 Å². The van der Waals surface area contributed by atoms with Crippen molar-refractivity contribution in [3.05, 3.63) is 57.3 Å². The van der Waals surface area contributed by atoms with Crippen molar-refractivity contribution < 1.29 is 9.18 Å². The van der Waals surface area contributed by atoms with Crippen LogP contribution in [0.3, 0.4) is 0 Å². The summed E-state index contributed by atoms with van der Waals surface area (Å²) in [4.78, 5) is 32.9. The van der Waals surface area contributed by atoms with Crippen molar-refractivity contribution in [2.24, 2.45) is 5.92 Å². The Labute approximate surface area is 182 Å². The summed E-state index contributed by atoms with van der Waals surface area (Å²) in [6, 6.07) is 6.46. The zero-order valence-electron chi connectivity index (χ0n) is 17.1. The summed E-state index contributed by atoms with van der Waals surface area (Å²) in [5, 5.41) is 8.13. The van der Waals surface area contributed by atoms with Crippen molar-refractivity contribution in [2.75, 3.05) is 18.0 Å². The topological polar surface area (TPSA) is 79.6 Å². The first-order valence-corrected chi connectivity index (χ1v) is 11.6. The lowest BCUT2D eigenvalue weighted by atomic mass is 9.97. The number of halogens is 1. The second-order valence-corrected chi connectivity index (χ2v) is 9.16. The maximum atomic E-state index is 13.8. The lowest BCUT2D eigenvalue weighted by Gasteiger charge is -2.31. The largest absolute Gasteiger partial charge is 0.352 e. The fraction of sp³-hybridized carbons (Fsp3) is 0.455. The van der Waals surface area contributed by atoms with Gasteiger partial charge in [-0.05, 0) is 44.6 Å². The summed E-state index contributed by atoms with van der Waals surface area (Å²) in [6.07, 6.45) is 5.33. The number of anilines is 1. The van der Waals surface area contributed by atoms with Gasteiger partial charge in [0.15, 0.2) is 0 Å². The number of piperidine rings is 1. The number of carbonyl (C=O) groups is 1. The van der Waals surface area contributed by atoms with Crippen molar-refractivity contribution in [1.29, 1.82) is 0 Å². The molecule has 31 heavy (non-hydrogen) atoms. The molecule has 2 aromatic heterocycles. The molecule has 1 aromatic carbocycles. The molecule has 0 spiro atoms. The van der Waals surface area contributed by atoms with E-state index in [1.807, 2.05) is 0 Å². The molecule has 9 heteroatoms. The molecule has 162 valence electrons. The number of nitrogens with one attached hydrogen (secondary N) is 1. The van der Waals surface area contributed by atoms with Gasteiger partial charge in [0.25, 0.3) is 5.56 Å². The molecular formula is C22H24FN5O2S. The fourth-order valence-electron chi connectivity index (χ4n) is 4.42. The van der Waals surface area contributed by atoms with E-state index in [4.69, 9.17) is 4.98 Å². The maximum absolute atomic E-state index is 13.8. The summed E-state index contributed by atoms with van der Waals surface area (Å²) in [6.45, 7) is 1.48. The Balaban J connectivity index is 1.31. The zero-order valence-corrected chi connectivity index (χ0v) is 18.0. The van der Waals surface area contributed by atoms with E-state index in [2.05, 4.69) is 15.3 Å². The number of hydrogen-bond acceptors (Lipinski definition) is 6. The van der Waals surface area contributed by atoms with Crippen LogP contribution < -0.4 is 15.8 Å². The number of carbonyl (C=O) groups excluding carboxylic acids is 1. The monoisotopic (exact) mass is 441 g/mol. The van der Waals surface area contributed by atoms with Crippen LogP contribution in [-0.4, -0.2) is 33.6 Å². The number of rotatable bonds is 4. The van der Waals surface area contributed by atoms with E-state index < -0.39 is 0 Å². The van der Waals surface area contributed by atoms with Gasteiger partial charge >= 0.3 is 0 Å². The lowest BCUT2D eigenvalue weighted by Crippen LogP contribution is -2.43. The molecule has 1 amide bonds. The Morgan fingerprint density at radius 2 is 2.06 bits per heavy atom. The van der Waals surface area contributed by atoms with Crippen LogP contribution in [0.25, 0.3) is 4.96 Å². The molecule has 7 nitrogen and oxygen atoms in total. The first-order chi connectivity index (χ1) is 15.1. The van der Waals surface area contributed by atoms with Gasteiger partial charge in [0.1, 0.15) is 5.82 Å². The molecule has 0 radical (unpaired) electrons. The number of nitrogens with zero attached hydrogens (tertiary/aromatic N) is 4. The van der Waals surface area contributed by atoms with Crippen LogP contribution in [0.1, 0.15) is 42.5 Å². The van der Waals surface area contributed by atoms with Crippen LogP contribution in [0.5, 0.6) is 0 Å². The molecule has 1 fully saturated rings. The molecule has 1 saturated heterocycles. The first kappa shape index (κ1) is 20.1. The fourth-order valence-corrected chi connectivity index (χ4v) is 5.37. The quantitative estimate of drug-likeness (QED) is 0.674. The standard InChI is InChI=1S/C22H24FN5O2S/c23-17-9-3-1-6-14(17)12-24-19(29)15-7-5-11-27(13-15)22-26-28-20(30)16-8-2-4-10-18(16)25-21(28)31-22/h1,3,6,9,15H,2,4-5,7-8,10-13H2,(H,24,29)/t15-/m1/s1. The van der Waals surface area contributed by atoms with Gasteiger partial charge in [-0.15, -0.1) is 5.10 Å². The summed E-state index contributed by atoms with van der Waals surface area (Å²) in [5.41, 5.74) is 2.13. The van der Waals surface area contributed by atoms with E-state index in [1.165, 1.54) is 21.9 Å². The third-order valence-corrected chi connectivity index (χ3v) is 7.11. The van der Waals surface area contributed by atoms with Gasteiger partial charge in [0.2, 0.25) is 16.0 Å². The smallest absolute Gasteiger partial charge is 0.278 e. The Kier molecular flexibility index (Phi) is 5.43. The Morgan fingerprint density at radius 1 is 1.23 bits per heavy atom. The Hall–Kier alpha value is -2.81. The first-order valence-electron chi connectivity index (χ1n) is 10.8. The van der Waals surface area contributed by atoms with Crippen molar-refractivity contribution in [3.63, 3.8) is 0 Å². The van der Waals surface area contributed by atoms with Crippen LogP contribution >= 0.6 is 11.3 Å². The molecule has 0 unspecified atom stereocenters. The highest BCUT2D eigenvalue weighted by atomic mass is 32.1. The van der Waals surface area contributed by atoms with Crippen LogP contribution in [-0.2, 0) is 24.2 Å². The molecule has 1 aliphatic heterocycles. The minimum Gasteiger partial charge on any atom is -0.352 e. The second kappa shape index (κ2) is 8.37. The van der Waals surface area contributed by atoms with Crippen LogP contribution in [0, 0.1) is 11.7 Å². The van der Waals surface area contributed by atoms with E-state index in [0.717, 1.165) is 61.5 Å². The predicted octanol–water partition coefficient (Wildman–Crippen LogP) is 2.70.